The summed E-state index contributed by atoms with van der Waals surface area (Å²) in [6.45, 7) is 13.1. The Balaban J connectivity index is 2.63. The Kier molecular flexibility index (Phi) is 8.12. The predicted molar refractivity (Wildman–Crippen MR) is 103 cm³/mol. The molecule has 1 amide bonds. The third-order valence-electron chi connectivity index (χ3n) is 4.16. The van der Waals surface area contributed by atoms with E-state index < -0.39 is 23.7 Å². The van der Waals surface area contributed by atoms with Crippen molar-refractivity contribution in [2.24, 2.45) is 11.8 Å². The smallest absolute Gasteiger partial charge is 0.408 e. The van der Waals surface area contributed by atoms with Crippen LogP contribution in [0.3, 0.4) is 0 Å². The van der Waals surface area contributed by atoms with Gasteiger partial charge < -0.3 is 14.8 Å². The first-order valence-corrected chi connectivity index (χ1v) is 9.23. The number of nitrogens with one attached hydrogen (secondary N) is 1. The van der Waals surface area contributed by atoms with E-state index in [2.05, 4.69) is 31.3 Å². The quantitative estimate of drug-likeness (QED) is 0.732. The lowest BCUT2D eigenvalue weighted by atomic mass is 9.85. The van der Waals surface area contributed by atoms with Gasteiger partial charge in [0.25, 0.3) is 0 Å². The number of carbonyl (C=O) groups excluding carboxylic acids is 2. The molecule has 5 nitrogen and oxygen atoms in total. The number of amides is 1. The van der Waals surface area contributed by atoms with Crippen LogP contribution in [0, 0.1) is 11.8 Å². The second-order valence-corrected chi connectivity index (χ2v) is 8.11. The Morgan fingerprint density at radius 3 is 2.12 bits per heavy atom. The Morgan fingerprint density at radius 1 is 1.04 bits per heavy atom. The highest BCUT2D eigenvalue weighted by Crippen LogP contribution is 2.23. The summed E-state index contributed by atoms with van der Waals surface area (Å²) in [4.78, 5) is 24.1. The number of hydrogen-bond acceptors (Lipinski definition) is 4. The largest absolute Gasteiger partial charge is 0.461 e. The molecule has 0 saturated heterocycles. The van der Waals surface area contributed by atoms with Crippen molar-refractivity contribution in [3.63, 3.8) is 0 Å². The maximum absolute atomic E-state index is 12.3. The Bertz CT molecular complexity index is 577. The summed E-state index contributed by atoms with van der Waals surface area (Å²) < 4.78 is 10.8. The number of alkyl carbamates (subject to hydrolysis) is 1. The van der Waals surface area contributed by atoms with Crippen molar-refractivity contribution >= 4 is 12.1 Å². The molecule has 0 radical (unpaired) electrons. The molecule has 1 aromatic rings. The lowest BCUT2D eigenvalue weighted by Gasteiger charge is -2.29. The maximum atomic E-state index is 12.3. The number of rotatable bonds is 7. The molecule has 0 saturated carbocycles. The Morgan fingerprint density at radius 2 is 1.62 bits per heavy atom. The molecular weight excluding hydrogens is 330 g/mol. The van der Waals surface area contributed by atoms with Gasteiger partial charge in [-0.15, -0.1) is 0 Å². The molecule has 146 valence electrons. The molecule has 0 heterocycles. The van der Waals surface area contributed by atoms with Gasteiger partial charge in [-0.1, -0.05) is 44.2 Å². The van der Waals surface area contributed by atoms with Crippen LogP contribution in [0.2, 0.25) is 0 Å². The van der Waals surface area contributed by atoms with Crippen LogP contribution in [0.25, 0.3) is 0 Å². The molecule has 0 bridgehead atoms. The Labute approximate surface area is 157 Å². The molecule has 3 atom stereocenters. The van der Waals surface area contributed by atoms with Crippen molar-refractivity contribution in [1.82, 2.24) is 5.32 Å². The van der Waals surface area contributed by atoms with Crippen molar-refractivity contribution < 1.29 is 19.1 Å². The number of benzene rings is 1. The van der Waals surface area contributed by atoms with Gasteiger partial charge in [0.2, 0.25) is 0 Å². The molecule has 0 aromatic heterocycles. The summed E-state index contributed by atoms with van der Waals surface area (Å²) in [6, 6.07) is 9.40. The highest BCUT2D eigenvalue weighted by atomic mass is 16.6. The average Bonchev–Trinajstić information content (AvgIpc) is 2.51. The zero-order chi connectivity index (χ0) is 19.9. The van der Waals surface area contributed by atoms with Gasteiger partial charge in [0, 0.05) is 5.92 Å². The molecule has 1 N–H and O–H groups in total. The average molecular weight is 363 g/mol. The summed E-state index contributed by atoms with van der Waals surface area (Å²) in [7, 11) is 0. The Hall–Kier alpha value is -2.04. The molecule has 1 rings (SSSR count). The van der Waals surface area contributed by atoms with E-state index in [1.807, 2.05) is 25.1 Å². The van der Waals surface area contributed by atoms with E-state index in [1.54, 1.807) is 27.7 Å². The standard InChI is InChI=1S/C21H33NO4/c1-14(2)18(13-17-11-9-8-10-12-17)16(4)25-19(23)15(3)22-20(24)26-21(5,6)7/h8-12,14-16,18H,13H2,1-7H3,(H,22,24)/t15-,16-,18+/m0/s1. The summed E-state index contributed by atoms with van der Waals surface area (Å²) in [5, 5.41) is 2.52. The predicted octanol–water partition coefficient (Wildman–Crippen LogP) is 4.35. The van der Waals surface area contributed by atoms with Gasteiger partial charge >= 0.3 is 12.1 Å². The summed E-state index contributed by atoms with van der Waals surface area (Å²) in [5.41, 5.74) is 0.605. The van der Waals surface area contributed by atoms with E-state index >= 15 is 0 Å². The number of hydrogen-bond donors (Lipinski definition) is 1. The van der Waals surface area contributed by atoms with Crippen molar-refractivity contribution in [2.75, 3.05) is 0 Å². The summed E-state index contributed by atoms with van der Waals surface area (Å²) in [5.74, 6) is 0.0873. The van der Waals surface area contributed by atoms with Gasteiger partial charge in [-0.25, -0.2) is 9.59 Å². The van der Waals surface area contributed by atoms with Gasteiger partial charge in [0.1, 0.15) is 17.7 Å². The second-order valence-electron chi connectivity index (χ2n) is 8.11. The fourth-order valence-electron chi connectivity index (χ4n) is 2.75. The highest BCUT2D eigenvalue weighted by Gasteiger charge is 2.28. The topological polar surface area (TPSA) is 64.6 Å². The van der Waals surface area contributed by atoms with Crippen LogP contribution >= 0.6 is 0 Å². The van der Waals surface area contributed by atoms with Gasteiger partial charge in [0.15, 0.2) is 0 Å². The number of carbonyl (C=O) groups is 2. The van der Waals surface area contributed by atoms with E-state index in [0.717, 1.165) is 6.42 Å². The van der Waals surface area contributed by atoms with Crippen LogP contribution in [-0.2, 0) is 20.7 Å². The molecule has 0 aliphatic rings. The van der Waals surface area contributed by atoms with E-state index in [0.29, 0.717) is 5.92 Å². The normalized spacial score (nSPS) is 15.1. The number of ether oxygens (including phenoxy) is 2. The minimum absolute atomic E-state index is 0.190. The molecular formula is C21H33NO4. The third-order valence-corrected chi connectivity index (χ3v) is 4.16. The fourth-order valence-corrected chi connectivity index (χ4v) is 2.75. The molecule has 26 heavy (non-hydrogen) atoms. The van der Waals surface area contributed by atoms with Crippen molar-refractivity contribution in [2.45, 2.75) is 72.6 Å². The lowest BCUT2D eigenvalue weighted by molar-refractivity contribution is -0.153. The molecule has 0 spiro atoms. The first-order valence-electron chi connectivity index (χ1n) is 9.23. The van der Waals surface area contributed by atoms with Crippen molar-refractivity contribution in [3.8, 4) is 0 Å². The van der Waals surface area contributed by atoms with Gasteiger partial charge in [-0.3, -0.25) is 0 Å². The second kappa shape index (κ2) is 9.60. The molecule has 0 aliphatic carbocycles. The number of esters is 1. The first-order chi connectivity index (χ1) is 12.0. The van der Waals surface area contributed by atoms with Crippen LogP contribution in [0.5, 0.6) is 0 Å². The highest BCUT2D eigenvalue weighted by molar-refractivity contribution is 5.81. The molecule has 0 aliphatic heterocycles. The van der Waals surface area contributed by atoms with Gasteiger partial charge in [-0.05, 0) is 52.5 Å². The minimum Gasteiger partial charge on any atom is -0.461 e. The van der Waals surface area contributed by atoms with Gasteiger partial charge in [-0.2, -0.15) is 0 Å². The SMILES string of the molecule is CC(C)[C@@H](Cc1ccccc1)[C@H](C)OC(=O)[C@H](C)NC(=O)OC(C)(C)C. The van der Waals surface area contributed by atoms with Crippen molar-refractivity contribution in [1.29, 1.82) is 0 Å². The molecule has 1 aromatic carbocycles. The maximum Gasteiger partial charge on any atom is 0.408 e. The molecule has 0 fully saturated rings. The van der Waals surface area contributed by atoms with Gasteiger partial charge in [0.05, 0.1) is 0 Å². The van der Waals surface area contributed by atoms with E-state index in [-0.39, 0.29) is 12.0 Å². The zero-order valence-electron chi connectivity index (χ0n) is 17.0. The monoisotopic (exact) mass is 363 g/mol. The first kappa shape index (κ1) is 22.0. The fraction of sp³-hybridized carbons (Fsp3) is 0.619. The van der Waals surface area contributed by atoms with E-state index in [1.165, 1.54) is 5.56 Å². The van der Waals surface area contributed by atoms with E-state index in [9.17, 15) is 9.59 Å². The van der Waals surface area contributed by atoms with Crippen LogP contribution in [0.4, 0.5) is 4.79 Å². The van der Waals surface area contributed by atoms with E-state index in [4.69, 9.17) is 9.47 Å². The minimum atomic E-state index is -0.767. The van der Waals surface area contributed by atoms with Crippen LogP contribution in [0.15, 0.2) is 30.3 Å². The van der Waals surface area contributed by atoms with Crippen molar-refractivity contribution in [3.05, 3.63) is 35.9 Å². The summed E-state index contributed by atoms with van der Waals surface area (Å²) in [6.07, 6.45) is -0.0502. The summed E-state index contributed by atoms with van der Waals surface area (Å²) >= 11 is 0. The van der Waals surface area contributed by atoms with Crippen LogP contribution in [0.1, 0.15) is 54.0 Å². The van der Waals surface area contributed by atoms with Crippen LogP contribution < -0.4 is 5.32 Å². The third kappa shape index (κ3) is 7.89. The molecule has 5 heteroatoms. The molecule has 0 unspecified atom stereocenters. The lowest BCUT2D eigenvalue weighted by Crippen LogP contribution is -2.44. The zero-order valence-corrected chi connectivity index (χ0v) is 17.0. The van der Waals surface area contributed by atoms with Crippen LogP contribution in [-0.4, -0.2) is 29.8 Å².